The van der Waals surface area contributed by atoms with E-state index in [1.807, 2.05) is 0 Å². The van der Waals surface area contributed by atoms with E-state index in [4.69, 9.17) is 10.2 Å². The third-order valence-corrected chi connectivity index (χ3v) is 2.68. The quantitative estimate of drug-likeness (QED) is 0.718. The summed E-state index contributed by atoms with van der Waals surface area (Å²) in [6, 6.07) is 0. The van der Waals surface area contributed by atoms with Gasteiger partial charge in [0.1, 0.15) is 4.32 Å². The molecule has 0 bridgehead atoms. The zero-order valence-corrected chi connectivity index (χ0v) is 8.11. The molecule has 1 aliphatic rings. The smallest absolute Gasteiger partial charge is 0.335 e. The van der Waals surface area contributed by atoms with Crippen molar-refractivity contribution in [2.24, 2.45) is 0 Å². The molecule has 1 atom stereocenters. The normalized spacial score (nSPS) is 26.7. The predicted octanol–water partition coefficient (Wildman–Crippen LogP) is 1.18. The van der Waals surface area contributed by atoms with Crippen LogP contribution in [0.4, 0.5) is 0 Å². The Hall–Kier alpha value is -1.10. The van der Waals surface area contributed by atoms with Gasteiger partial charge in [-0.15, -0.1) is 0 Å². The molecule has 1 aliphatic carbocycles. The van der Waals surface area contributed by atoms with Crippen molar-refractivity contribution in [3.8, 4) is 0 Å². The summed E-state index contributed by atoms with van der Waals surface area (Å²) in [7, 11) is 0. The minimum absolute atomic E-state index is 0.122. The van der Waals surface area contributed by atoms with Crippen molar-refractivity contribution in [3.63, 3.8) is 0 Å². The van der Waals surface area contributed by atoms with Gasteiger partial charge in [-0.2, -0.15) is 0 Å². The molecule has 0 saturated heterocycles. The van der Waals surface area contributed by atoms with Gasteiger partial charge in [-0.3, -0.25) is 4.79 Å². The maximum absolute atomic E-state index is 10.7. The first-order valence-corrected chi connectivity index (χ1v) is 4.30. The van der Waals surface area contributed by atoms with E-state index in [0.29, 0.717) is 0 Å². The molecule has 0 saturated carbocycles. The van der Waals surface area contributed by atoms with E-state index >= 15 is 0 Å². The average Bonchev–Trinajstić information content (AvgIpc) is 2.04. The number of aliphatic carboxylic acids is 2. The Kier molecular flexibility index (Phi) is 2.56. The Morgan fingerprint density at radius 1 is 1.46 bits per heavy atom. The van der Waals surface area contributed by atoms with Crippen molar-refractivity contribution in [1.82, 2.24) is 0 Å². The van der Waals surface area contributed by atoms with Crippen LogP contribution in [0.1, 0.15) is 6.42 Å². The molecule has 0 heterocycles. The molecule has 1 unspecified atom stereocenters. The molecular weight excluding hydrogens is 240 g/mol. The molecule has 0 aromatic rings. The topological polar surface area (TPSA) is 74.6 Å². The lowest BCUT2D eigenvalue weighted by Crippen LogP contribution is -2.30. The lowest BCUT2D eigenvalue weighted by molar-refractivity contribution is -0.138. The molecule has 0 radical (unpaired) electrons. The maximum atomic E-state index is 10.7. The van der Waals surface area contributed by atoms with Gasteiger partial charge in [0.05, 0.1) is 5.57 Å². The fourth-order valence-electron chi connectivity index (χ4n) is 0.934. The van der Waals surface area contributed by atoms with Crippen molar-refractivity contribution >= 4 is 27.9 Å². The van der Waals surface area contributed by atoms with Crippen LogP contribution >= 0.6 is 15.9 Å². The van der Waals surface area contributed by atoms with Crippen LogP contribution < -0.4 is 0 Å². The number of hydrogen-bond acceptors (Lipinski definition) is 2. The second kappa shape index (κ2) is 3.33. The molecule has 4 nitrogen and oxygen atoms in total. The molecule has 2 N–H and O–H groups in total. The molecule has 0 amide bonds. The van der Waals surface area contributed by atoms with E-state index in [0.717, 1.165) is 0 Å². The molecule has 0 aromatic heterocycles. The summed E-state index contributed by atoms with van der Waals surface area (Å²) in [5.41, 5.74) is 0.122. The average molecular weight is 247 g/mol. The van der Waals surface area contributed by atoms with Gasteiger partial charge in [-0.05, 0) is 6.42 Å². The van der Waals surface area contributed by atoms with E-state index in [1.165, 1.54) is 18.2 Å². The largest absolute Gasteiger partial charge is 0.480 e. The molecular formula is C8H7BrO4. The van der Waals surface area contributed by atoms with E-state index in [1.54, 1.807) is 0 Å². The van der Waals surface area contributed by atoms with E-state index < -0.39 is 16.3 Å². The first kappa shape index (κ1) is 9.98. The number of halogens is 1. The van der Waals surface area contributed by atoms with Crippen LogP contribution in [0.3, 0.4) is 0 Å². The van der Waals surface area contributed by atoms with Gasteiger partial charge in [0.2, 0.25) is 0 Å². The number of rotatable bonds is 2. The summed E-state index contributed by atoms with van der Waals surface area (Å²) in [5, 5.41) is 17.3. The SMILES string of the molecule is O=C(O)C1=CCC(Br)(C(=O)O)C=C1. The van der Waals surface area contributed by atoms with Crippen molar-refractivity contribution in [2.45, 2.75) is 10.7 Å². The minimum atomic E-state index is -1.15. The van der Waals surface area contributed by atoms with Gasteiger partial charge in [0, 0.05) is 0 Å². The van der Waals surface area contributed by atoms with Crippen LogP contribution in [0, 0.1) is 0 Å². The molecule has 1 rings (SSSR count). The van der Waals surface area contributed by atoms with E-state index in [-0.39, 0.29) is 12.0 Å². The first-order chi connectivity index (χ1) is 5.96. The Labute approximate surface area is 82.7 Å². The summed E-state index contributed by atoms with van der Waals surface area (Å²) in [5.74, 6) is -2.07. The fraction of sp³-hybridized carbons (Fsp3) is 0.250. The number of carboxylic acids is 2. The van der Waals surface area contributed by atoms with Crippen LogP contribution in [0.2, 0.25) is 0 Å². The number of allylic oxidation sites excluding steroid dienone is 1. The molecule has 0 fully saturated rings. The van der Waals surface area contributed by atoms with Crippen molar-refractivity contribution in [3.05, 3.63) is 23.8 Å². The molecule has 13 heavy (non-hydrogen) atoms. The van der Waals surface area contributed by atoms with E-state index in [2.05, 4.69) is 15.9 Å². The molecule has 5 heteroatoms. The van der Waals surface area contributed by atoms with Crippen molar-refractivity contribution < 1.29 is 19.8 Å². The van der Waals surface area contributed by atoms with Crippen LogP contribution in [-0.4, -0.2) is 26.5 Å². The highest BCUT2D eigenvalue weighted by Gasteiger charge is 2.33. The number of carboxylic acid groups (broad SMARTS) is 2. The highest BCUT2D eigenvalue weighted by Crippen LogP contribution is 2.30. The van der Waals surface area contributed by atoms with Crippen LogP contribution in [0.5, 0.6) is 0 Å². The second-order valence-corrected chi connectivity index (χ2v) is 4.08. The van der Waals surface area contributed by atoms with E-state index in [9.17, 15) is 9.59 Å². The number of alkyl halides is 1. The van der Waals surface area contributed by atoms with Gasteiger partial charge in [0.25, 0.3) is 0 Å². The second-order valence-electron chi connectivity index (χ2n) is 2.67. The summed E-state index contributed by atoms with van der Waals surface area (Å²) < 4.78 is -1.15. The Bertz CT molecular complexity index is 318. The lowest BCUT2D eigenvalue weighted by Gasteiger charge is -2.19. The Morgan fingerprint density at radius 2 is 2.08 bits per heavy atom. The Morgan fingerprint density at radius 3 is 2.38 bits per heavy atom. The van der Waals surface area contributed by atoms with Crippen LogP contribution in [0.25, 0.3) is 0 Å². The maximum Gasteiger partial charge on any atom is 0.335 e. The molecule has 70 valence electrons. The molecule has 0 spiro atoms. The van der Waals surface area contributed by atoms with Gasteiger partial charge in [-0.25, -0.2) is 4.79 Å². The standard InChI is InChI=1S/C8H7BrO4/c9-8(7(12)13)3-1-5(2-4-8)6(10)11/h1-3H,4H2,(H,10,11)(H,12,13). The van der Waals surface area contributed by atoms with Crippen LogP contribution in [-0.2, 0) is 9.59 Å². The highest BCUT2D eigenvalue weighted by atomic mass is 79.9. The zero-order chi connectivity index (χ0) is 10.1. The number of carbonyl (C=O) groups is 2. The minimum Gasteiger partial charge on any atom is -0.480 e. The summed E-state index contributed by atoms with van der Waals surface area (Å²) in [6.07, 6.45) is 4.14. The van der Waals surface area contributed by atoms with Crippen molar-refractivity contribution in [1.29, 1.82) is 0 Å². The molecule has 0 aliphatic heterocycles. The fourth-order valence-corrected chi connectivity index (χ4v) is 1.23. The van der Waals surface area contributed by atoms with Gasteiger partial charge < -0.3 is 10.2 Å². The predicted molar refractivity (Wildman–Crippen MR) is 48.8 cm³/mol. The Balaban J connectivity index is 2.85. The first-order valence-electron chi connectivity index (χ1n) is 3.51. The summed E-state index contributed by atoms with van der Waals surface area (Å²) in [6.45, 7) is 0. The molecule has 0 aromatic carbocycles. The van der Waals surface area contributed by atoms with Crippen molar-refractivity contribution in [2.75, 3.05) is 0 Å². The van der Waals surface area contributed by atoms with Gasteiger partial charge >= 0.3 is 11.9 Å². The third kappa shape index (κ3) is 1.98. The van der Waals surface area contributed by atoms with Gasteiger partial charge in [0.15, 0.2) is 0 Å². The highest BCUT2D eigenvalue weighted by molar-refractivity contribution is 9.10. The van der Waals surface area contributed by atoms with Crippen LogP contribution in [0.15, 0.2) is 23.8 Å². The summed E-state index contributed by atoms with van der Waals surface area (Å²) in [4.78, 5) is 21.1. The zero-order valence-electron chi connectivity index (χ0n) is 6.53. The monoisotopic (exact) mass is 246 g/mol. The summed E-state index contributed by atoms with van der Waals surface area (Å²) >= 11 is 3.01. The number of hydrogen-bond donors (Lipinski definition) is 2. The lowest BCUT2D eigenvalue weighted by atomic mass is 9.97. The van der Waals surface area contributed by atoms with Gasteiger partial charge in [-0.1, -0.05) is 34.2 Å². The third-order valence-electron chi connectivity index (χ3n) is 1.75.